The van der Waals surface area contributed by atoms with Gasteiger partial charge in [0.25, 0.3) is 0 Å². The van der Waals surface area contributed by atoms with Crippen LogP contribution in [0.2, 0.25) is 0 Å². The number of halogens is 2. The zero-order chi connectivity index (χ0) is 10.8. The largest absolute Gasteiger partial charge is 0.477 e. The molecule has 0 spiro atoms. The Kier molecular flexibility index (Phi) is 3.38. The highest BCUT2D eigenvalue weighted by molar-refractivity contribution is 5.75. The number of carboxylic acids is 1. The van der Waals surface area contributed by atoms with Crippen molar-refractivity contribution in [3.63, 3.8) is 0 Å². The van der Waals surface area contributed by atoms with Gasteiger partial charge >= 0.3 is 11.9 Å². The zero-order valence-electron chi connectivity index (χ0n) is 7.62. The summed E-state index contributed by atoms with van der Waals surface area (Å²) in [6, 6.07) is 0. The molecule has 0 aromatic carbocycles. The van der Waals surface area contributed by atoms with Gasteiger partial charge < -0.3 is 10.2 Å². The van der Waals surface area contributed by atoms with Crippen molar-refractivity contribution in [3.8, 4) is 0 Å². The Labute approximate surface area is 80.1 Å². The molecule has 2 N–H and O–H groups in total. The van der Waals surface area contributed by atoms with Gasteiger partial charge in [-0.1, -0.05) is 0 Å². The first-order valence-electron chi connectivity index (χ1n) is 4.43. The van der Waals surface area contributed by atoms with E-state index in [2.05, 4.69) is 0 Å². The van der Waals surface area contributed by atoms with E-state index in [0.717, 1.165) is 0 Å². The molecule has 0 radical (unpaired) electrons. The Morgan fingerprint density at radius 3 is 2.71 bits per heavy atom. The predicted octanol–water partition coefficient (Wildman–Crippen LogP) is 0.163. The first-order valence-corrected chi connectivity index (χ1v) is 4.43. The molecule has 1 saturated heterocycles. The topological polar surface area (TPSA) is 60.8 Å². The van der Waals surface area contributed by atoms with E-state index in [1.54, 1.807) is 0 Å². The summed E-state index contributed by atoms with van der Waals surface area (Å²) in [5, 5.41) is 17.4. The number of aliphatic carboxylic acids is 1. The van der Waals surface area contributed by atoms with E-state index in [0.29, 0.717) is 19.4 Å². The van der Waals surface area contributed by atoms with Crippen LogP contribution >= 0.6 is 0 Å². The van der Waals surface area contributed by atoms with Crippen molar-refractivity contribution in [1.82, 2.24) is 4.90 Å². The number of hydrogen-bond donors (Lipinski definition) is 2. The van der Waals surface area contributed by atoms with Gasteiger partial charge in [-0.3, -0.25) is 4.90 Å². The van der Waals surface area contributed by atoms with Crippen LogP contribution in [0.15, 0.2) is 0 Å². The van der Waals surface area contributed by atoms with Crippen molar-refractivity contribution in [2.45, 2.75) is 24.9 Å². The second-order valence-electron chi connectivity index (χ2n) is 3.54. The Hall–Kier alpha value is -0.750. The van der Waals surface area contributed by atoms with Crippen LogP contribution in [0.3, 0.4) is 0 Å². The number of aliphatic hydroxyl groups excluding tert-OH is 1. The van der Waals surface area contributed by atoms with E-state index < -0.39 is 24.5 Å². The van der Waals surface area contributed by atoms with Gasteiger partial charge in [0.2, 0.25) is 0 Å². The maximum absolute atomic E-state index is 12.7. The summed E-state index contributed by atoms with van der Waals surface area (Å²) in [6.45, 7) is -0.276. The number of β-amino-alcohol motifs (C(OH)–C–C–N with tert-alkyl or cyclic N) is 1. The predicted molar refractivity (Wildman–Crippen MR) is 44.3 cm³/mol. The van der Waals surface area contributed by atoms with Crippen LogP contribution in [0.25, 0.3) is 0 Å². The molecule has 1 atom stereocenters. The summed E-state index contributed by atoms with van der Waals surface area (Å²) in [4.78, 5) is 11.4. The number of aliphatic hydroxyl groups is 1. The number of hydrogen-bond acceptors (Lipinski definition) is 3. The lowest BCUT2D eigenvalue weighted by molar-refractivity contribution is -0.168. The first-order chi connectivity index (χ1) is 6.42. The van der Waals surface area contributed by atoms with Crippen molar-refractivity contribution in [2.75, 3.05) is 19.6 Å². The van der Waals surface area contributed by atoms with Crippen LogP contribution in [0.1, 0.15) is 12.8 Å². The van der Waals surface area contributed by atoms with Crippen LogP contribution in [0.4, 0.5) is 8.78 Å². The van der Waals surface area contributed by atoms with Crippen molar-refractivity contribution in [3.05, 3.63) is 0 Å². The van der Waals surface area contributed by atoms with Crippen molar-refractivity contribution < 1.29 is 23.8 Å². The van der Waals surface area contributed by atoms with Gasteiger partial charge in [-0.15, -0.1) is 0 Å². The highest BCUT2D eigenvalue weighted by Crippen LogP contribution is 2.18. The molecular weight excluding hydrogens is 196 g/mol. The second kappa shape index (κ2) is 4.18. The number of carbonyl (C=O) groups is 1. The molecule has 1 aliphatic heterocycles. The molecule has 82 valence electrons. The lowest BCUT2D eigenvalue weighted by Gasteiger charge is -2.31. The zero-order valence-corrected chi connectivity index (χ0v) is 7.62. The summed E-state index contributed by atoms with van der Waals surface area (Å²) < 4.78 is 25.5. The van der Waals surface area contributed by atoms with E-state index in [4.69, 9.17) is 5.11 Å². The number of alkyl halides is 2. The molecule has 6 heteroatoms. The molecular formula is C8H13F2NO3. The van der Waals surface area contributed by atoms with Crippen LogP contribution in [0, 0.1) is 0 Å². The van der Waals surface area contributed by atoms with Gasteiger partial charge in [-0.05, 0) is 19.4 Å². The minimum absolute atomic E-state index is 0.128. The first kappa shape index (κ1) is 11.3. The molecule has 0 aromatic rings. The van der Waals surface area contributed by atoms with Crippen molar-refractivity contribution in [2.24, 2.45) is 0 Å². The Morgan fingerprint density at radius 1 is 1.57 bits per heavy atom. The fourth-order valence-electron chi connectivity index (χ4n) is 1.52. The highest BCUT2D eigenvalue weighted by Gasteiger charge is 2.41. The maximum Gasteiger partial charge on any atom is 0.375 e. The summed E-state index contributed by atoms with van der Waals surface area (Å²) in [7, 11) is 0. The normalized spacial score (nSPS) is 24.9. The molecule has 4 nitrogen and oxygen atoms in total. The van der Waals surface area contributed by atoms with E-state index in [1.807, 2.05) is 0 Å². The van der Waals surface area contributed by atoms with Gasteiger partial charge in [0.05, 0.1) is 12.6 Å². The third-order valence-corrected chi connectivity index (χ3v) is 2.22. The van der Waals surface area contributed by atoms with Crippen LogP contribution < -0.4 is 0 Å². The number of carboxylic acid groups (broad SMARTS) is 1. The Morgan fingerprint density at radius 2 is 2.21 bits per heavy atom. The summed E-state index contributed by atoms with van der Waals surface area (Å²) >= 11 is 0. The molecule has 1 fully saturated rings. The lowest BCUT2D eigenvalue weighted by Crippen LogP contribution is -2.47. The van der Waals surface area contributed by atoms with Crippen molar-refractivity contribution in [1.29, 1.82) is 0 Å². The quantitative estimate of drug-likeness (QED) is 0.695. The lowest BCUT2D eigenvalue weighted by atomic mass is 10.1. The van der Waals surface area contributed by atoms with Crippen LogP contribution in [-0.2, 0) is 4.79 Å². The van der Waals surface area contributed by atoms with E-state index >= 15 is 0 Å². The summed E-state index contributed by atoms with van der Waals surface area (Å²) in [6.07, 6.45) is 0.597. The minimum atomic E-state index is -3.73. The summed E-state index contributed by atoms with van der Waals surface area (Å²) in [5.41, 5.74) is 0. The number of piperidine rings is 1. The number of rotatable bonds is 3. The maximum atomic E-state index is 12.7. The van der Waals surface area contributed by atoms with Gasteiger partial charge in [0.15, 0.2) is 0 Å². The Bertz CT molecular complexity index is 223. The monoisotopic (exact) mass is 209 g/mol. The second-order valence-corrected chi connectivity index (χ2v) is 3.54. The van der Waals surface area contributed by atoms with E-state index in [1.165, 1.54) is 4.90 Å². The molecule has 1 unspecified atom stereocenters. The fraction of sp³-hybridized carbons (Fsp3) is 0.875. The van der Waals surface area contributed by atoms with E-state index in [-0.39, 0.29) is 6.54 Å². The third-order valence-electron chi connectivity index (χ3n) is 2.22. The standard InChI is InChI=1S/C8H13F2NO3/c9-8(10,7(13)14)5-11-3-1-2-6(12)4-11/h6,12H,1-5H2,(H,13,14). The van der Waals surface area contributed by atoms with Gasteiger partial charge in [-0.25, -0.2) is 4.79 Å². The van der Waals surface area contributed by atoms with Crippen LogP contribution in [-0.4, -0.2) is 52.7 Å². The molecule has 1 heterocycles. The fourth-order valence-corrected chi connectivity index (χ4v) is 1.52. The number of nitrogens with zero attached hydrogens (tertiary/aromatic N) is 1. The van der Waals surface area contributed by atoms with E-state index in [9.17, 15) is 18.7 Å². The molecule has 0 amide bonds. The molecule has 0 aromatic heterocycles. The summed E-state index contributed by atoms with van der Waals surface area (Å²) in [5.74, 6) is -5.84. The van der Waals surface area contributed by atoms with Gasteiger partial charge in [0, 0.05) is 6.54 Å². The van der Waals surface area contributed by atoms with Gasteiger partial charge in [-0.2, -0.15) is 8.78 Å². The average Bonchev–Trinajstić information content (AvgIpc) is 2.02. The highest BCUT2D eigenvalue weighted by atomic mass is 19.3. The molecule has 14 heavy (non-hydrogen) atoms. The molecule has 1 rings (SSSR count). The van der Waals surface area contributed by atoms with Crippen LogP contribution in [0.5, 0.6) is 0 Å². The molecule has 0 aliphatic carbocycles. The third kappa shape index (κ3) is 2.88. The molecule has 0 saturated carbocycles. The van der Waals surface area contributed by atoms with Gasteiger partial charge in [0.1, 0.15) is 0 Å². The smallest absolute Gasteiger partial charge is 0.375 e. The molecule has 1 aliphatic rings. The number of likely N-dealkylation sites (tertiary alicyclic amines) is 1. The Balaban J connectivity index is 2.47. The minimum Gasteiger partial charge on any atom is -0.477 e. The average molecular weight is 209 g/mol. The molecule has 0 bridgehead atoms. The SMILES string of the molecule is O=C(O)C(F)(F)CN1CCCC(O)C1. The van der Waals surface area contributed by atoms with Crippen molar-refractivity contribution >= 4 is 5.97 Å².